The lowest BCUT2D eigenvalue weighted by atomic mass is 9.78. The van der Waals surface area contributed by atoms with Crippen LogP contribution in [-0.4, -0.2) is 23.9 Å². The highest BCUT2D eigenvalue weighted by Gasteiger charge is 2.23. The second-order valence-electron chi connectivity index (χ2n) is 6.81. The highest BCUT2D eigenvalue weighted by molar-refractivity contribution is 5.41. The van der Waals surface area contributed by atoms with E-state index in [0.717, 1.165) is 11.5 Å². The van der Waals surface area contributed by atoms with E-state index in [1.165, 1.54) is 11.1 Å². The number of benzene rings is 2. The molecule has 0 saturated carbocycles. The molecule has 0 aliphatic carbocycles. The molecule has 0 radical (unpaired) electrons. The molecule has 0 fully saturated rings. The van der Waals surface area contributed by atoms with E-state index in [1.54, 1.807) is 0 Å². The third kappa shape index (κ3) is 4.75. The van der Waals surface area contributed by atoms with Gasteiger partial charge in [0.25, 0.3) is 0 Å². The van der Waals surface area contributed by atoms with Gasteiger partial charge in [-0.15, -0.1) is 0 Å². The fourth-order valence-corrected chi connectivity index (χ4v) is 2.55. The van der Waals surface area contributed by atoms with Crippen LogP contribution in [0.3, 0.4) is 0 Å². The molecule has 2 aromatic rings. The lowest BCUT2D eigenvalue weighted by Gasteiger charge is -2.26. The highest BCUT2D eigenvalue weighted by atomic mass is 16.5. The first-order chi connectivity index (χ1) is 11.3. The van der Waals surface area contributed by atoms with Crippen LogP contribution in [0.25, 0.3) is 0 Å². The Bertz CT molecular complexity index is 625. The second-order valence-corrected chi connectivity index (χ2v) is 6.81. The molecule has 0 saturated heterocycles. The summed E-state index contributed by atoms with van der Waals surface area (Å²) in [6, 6.07) is 16.2. The molecular weight excluding hydrogens is 300 g/mol. The molecule has 0 heterocycles. The third-order valence-electron chi connectivity index (χ3n) is 3.97. The fourth-order valence-electron chi connectivity index (χ4n) is 2.55. The van der Waals surface area contributed by atoms with Gasteiger partial charge >= 0.3 is 0 Å². The predicted molar refractivity (Wildman–Crippen MR) is 97.6 cm³/mol. The number of aliphatic hydroxyl groups is 1. The first kappa shape index (κ1) is 18.3. The molecule has 3 heteroatoms. The van der Waals surface area contributed by atoms with Gasteiger partial charge in [0, 0.05) is 5.41 Å². The van der Waals surface area contributed by atoms with Crippen LogP contribution in [-0.2, 0) is 5.41 Å². The Morgan fingerprint density at radius 2 is 1.38 bits per heavy atom. The van der Waals surface area contributed by atoms with Gasteiger partial charge in [-0.25, -0.2) is 0 Å². The minimum atomic E-state index is -0.715. The van der Waals surface area contributed by atoms with Crippen molar-refractivity contribution in [3.8, 4) is 11.5 Å². The second kappa shape index (κ2) is 7.71. The predicted octanol–water partition coefficient (Wildman–Crippen LogP) is 4.37. The maximum Gasteiger partial charge on any atom is 0.119 e. The molecule has 0 bridgehead atoms. The standard InChI is InChI=1S/C21H27O3/c1-15(2)24-20-12-8-18(9-13-20)21(4,5)17-6-10-19(11-7-17)23-14-16(3)22/h6-13,15-16,22H,3,14H2,1-2,4-5H3/q-1. The largest absolute Gasteiger partial charge is 0.494 e. The third-order valence-corrected chi connectivity index (χ3v) is 3.97. The van der Waals surface area contributed by atoms with E-state index in [9.17, 15) is 5.11 Å². The van der Waals surface area contributed by atoms with E-state index < -0.39 is 6.10 Å². The molecule has 1 unspecified atom stereocenters. The van der Waals surface area contributed by atoms with Crippen LogP contribution >= 0.6 is 0 Å². The average Bonchev–Trinajstić information content (AvgIpc) is 2.53. The molecular formula is C21H27O3-. The van der Waals surface area contributed by atoms with Crippen molar-refractivity contribution in [1.82, 2.24) is 0 Å². The number of aliphatic hydroxyl groups excluding tert-OH is 1. The van der Waals surface area contributed by atoms with Crippen molar-refractivity contribution in [2.45, 2.75) is 45.3 Å². The Balaban J connectivity index is 2.14. The summed E-state index contributed by atoms with van der Waals surface area (Å²) in [6.45, 7) is 12.1. The van der Waals surface area contributed by atoms with E-state index in [2.05, 4.69) is 45.0 Å². The lowest BCUT2D eigenvalue weighted by Crippen LogP contribution is -2.19. The Labute approximate surface area is 145 Å². The number of rotatable bonds is 7. The maximum absolute atomic E-state index is 9.18. The number of hydrogen-bond donors (Lipinski definition) is 1. The Hall–Kier alpha value is -2.00. The summed E-state index contributed by atoms with van der Waals surface area (Å²) in [5.41, 5.74) is 2.30. The van der Waals surface area contributed by atoms with Crippen LogP contribution in [0.15, 0.2) is 48.5 Å². The van der Waals surface area contributed by atoms with Crippen LogP contribution < -0.4 is 9.47 Å². The number of hydrogen-bond acceptors (Lipinski definition) is 3. The summed E-state index contributed by atoms with van der Waals surface area (Å²) < 4.78 is 11.2. The minimum absolute atomic E-state index is 0.124. The van der Waals surface area contributed by atoms with Crippen molar-refractivity contribution in [1.29, 1.82) is 0 Å². The molecule has 0 spiro atoms. The van der Waals surface area contributed by atoms with E-state index in [1.807, 2.05) is 38.1 Å². The van der Waals surface area contributed by atoms with Gasteiger partial charge in [0.05, 0.1) is 12.7 Å². The highest BCUT2D eigenvalue weighted by Crippen LogP contribution is 2.33. The molecule has 24 heavy (non-hydrogen) atoms. The molecule has 0 aliphatic rings. The molecule has 2 aromatic carbocycles. The quantitative estimate of drug-likeness (QED) is 0.767. The Morgan fingerprint density at radius 3 is 1.79 bits per heavy atom. The monoisotopic (exact) mass is 327 g/mol. The van der Waals surface area contributed by atoms with E-state index in [4.69, 9.17) is 9.47 Å². The van der Waals surface area contributed by atoms with Gasteiger partial charge in [-0.05, 0) is 55.3 Å². The van der Waals surface area contributed by atoms with Crippen LogP contribution in [0, 0.1) is 6.92 Å². The van der Waals surface area contributed by atoms with Crippen LogP contribution in [0.5, 0.6) is 11.5 Å². The van der Waals surface area contributed by atoms with Crippen molar-refractivity contribution >= 4 is 0 Å². The minimum Gasteiger partial charge on any atom is -0.494 e. The molecule has 3 nitrogen and oxygen atoms in total. The first-order valence-corrected chi connectivity index (χ1v) is 8.30. The Kier molecular flexibility index (Phi) is 5.89. The topological polar surface area (TPSA) is 38.7 Å². The van der Waals surface area contributed by atoms with Gasteiger partial charge in [-0.2, -0.15) is 0 Å². The SMILES string of the molecule is [CH2-]C(O)COc1ccc(C(C)(C)c2ccc(OC(C)C)cc2)cc1. The van der Waals surface area contributed by atoms with Gasteiger partial charge in [0.2, 0.25) is 0 Å². The summed E-state index contributed by atoms with van der Waals surface area (Å²) in [5, 5.41) is 9.18. The molecule has 130 valence electrons. The van der Waals surface area contributed by atoms with Crippen molar-refractivity contribution < 1.29 is 14.6 Å². The zero-order chi connectivity index (χ0) is 17.7. The van der Waals surface area contributed by atoms with Gasteiger partial charge in [-0.1, -0.05) is 38.1 Å². The summed E-state index contributed by atoms with van der Waals surface area (Å²) >= 11 is 0. The molecule has 2 rings (SSSR count). The van der Waals surface area contributed by atoms with Crippen molar-refractivity contribution in [2.75, 3.05) is 6.61 Å². The van der Waals surface area contributed by atoms with E-state index in [-0.39, 0.29) is 18.1 Å². The van der Waals surface area contributed by atoms with E-state index in [0.29, 0.717) is 0 Å². The van der Waals surface area contributed by atoms with Gasteiger partial charge < -0.3 is 21.5 Å². The molecule has 0 amide bonds. The maximum atomic E-state index is 9.18. The smallest absolute Gasteiger partial charge is 0.119 e. The normalized spacial score (nSPS) is 13.0. The van der Waals surface area contributed by atoms with Crippen LogP contribution in [0.4, 0.5) is 0 Å². The number of ether oxygens (including phenoxy) is 2. The van der Waals surface area contributed by atoms with Crippen LogP contribution in [0.2, 0.25) is 0 Å². The van der Waals surface area contributed by atoms with E-state index >= 15 is 0 Å². The van der Waals surface area contributed by atoms with Crippen LogP contribution in [0.1, 0.15) is 38.8 Å². The van der Waals surface area contributed by atoms with Crippen molar-refractivity contribution in [3.05, 3.63) is 66.6 Å². The zero-order valence-electron chi connectivity index (χ0n) is 15.0. The Morgan fingerprint density at radius 1 is 0.917 bits per heavy atom. The van der Waals surface area contributed by atoms with Gasteiger partial charge in [0.1, 0.15) is 11.5 Å². The van der Waals surface area contributed by atoms with Gasteiger partial charge in [0.15, 0.2) is 0 Å². The summed E-state index contributed by atoms with van der Waals surface area (Å²) in [7, 11) is 0. The summed E-state index contributed by atoms with van der Waals surface area (Å²) in [5.74, 6) is 1.62. The van der Waals surface area contributed by atoms with Gasteiger partial charge in [-0.3, -0.25) is 0 Å². The summed E-state index contributed by atoms with van der Waals surface area (Å²) in [4.78, 5) is 0. The first-order valence-electron chi connectivity index (χ1n) is 8.30. The lowest BCUT2D eigenvalue weighted by molar-refractivity contribution is 0.142. The average molecular weight is 327 g/mol. The summed E-state index contributed by atoms with van der Waals surface area (Å²) in [6.07, 6.45) is -0.541. The molecule has 1 N–H and O–H groups in total. The van der Waals surface area contributed by atoms with Crippen molar-refractivity contribution in [3.63, 3.8) is 0 Å². The fraction of sp³-hybridized carbons (Fsp3) is 0.381. The molecule has 0 aliphatic heterocycles. The van der Waals surface area contributed by atoms with Crippen molar-refractivity contribution in [2.24, 2.45) is 0 Å². The molecule has 1 atom stereocenters. The molecule has 0 aromatic heterocycles. The zero-order valence-corrected chi connectivity index (χ0v) is 15.0.